The van der Waals surface area contributed by atoms with Crippen molar-refractivity contribution in [3.8, 4) is 0 Å². The van der Waals surface area contributed by atoms with Gasteiger partial charge in [0.25, 0.3) is 0 Å². The highest BCUT2D eigenvalue weighted by Gasteiger charge is 2.22. The van der Waals surface area contributed by atoms with Gasteiger partial charge < -0.3 is 21.5 Å². The standard InChI is InChI=1S/C11H19N3O/c1-11(2,7-15)14(3)8-4-5-9(12)10(13)6-8/h4-6,15H,7,12-13H2,1-3H3. The molecular formula is C11H19N3O. The van der Waals surface area contributed by atoms with E-state index in [0.717, 1.165) is 5.69 Å². The van der Waals surface area contributed by atoms with Crippen LogP contribution in [-0.2, 0) is 0 Å². The van der Waals surface area contributed by atoms with E-state index in [4.69, 9.17) is 11.5 Å². The third-order valence-electron chi connectivity index (χ3n) is 2.75. The zero-order valence-corrected chi connectivity index (χ0v) is 9.49. The summed E-state index contributed by atoms with van der Waals surface area (Å²) in [5.74, 6) is 0. The molecule has 0 atom stereocenters. The number of hydrogen-bond acceptors (Lipinski definition) is 4. The van der Waals surface area contributed by atoms with Gasteiger partial charge >= 0.3 is 0 Å². The lowest BCUT2D eigenvalue weighted by Gasteiger charge is -2.36. The highest BCUT2D eigenvalue weighted by molar-refractivity contribution is 5.70. The first-order valence-electron chi connectivity index (χ1n) is 4.88. The average Bonchev–Trinajstić information content (AvgIpc) is 2.21. The summed E-state index contributed by atoms with van der Waals surface area (Å²) in [7, 11) is 1.92. The molecule has 0 aliphatic rings. The van der Waals surface area contributed by atoms with E-state index in [2.05, 4.69) is 0 Å². The second-order valence-corrected chi connectivity index (χ2v) is 4.34. The number of nitrogens with two attached hydrogens (primary N) is 2. The van der Waals surface area contributed by atoms with Crippen LogP contribution in [0.25, 0.3) is 0 Å². The van der Waals surface area contributed by atoms with Crippen LogP contribution in [-0.4, -0.2) is 24.3 Å². The highest BCUT2D eigenvalue weighted by atomic mass is 16.3. The van der Waals surface area contributed by atoms with Crippen molar-refractivity contribution in [3.05, 3.63) is 18.2 Å². The first-order chi connectivity index (χ1) is 6.88. The van der Waals surface area contributed by atoms with Crippen LogP contribution in [0.3, 0.4) is 0 Å². The fourth-order valence-electron chi connectivity index (χ4n) is 1.23. The monoisotopic (exact) mass is 209 g/mol. The molecule has 4 nitrogen and oxygen atoms in total. The maximum Gasteiger partial charge on any atom is 0.0658 e. The number of anilines is 3. The van der Waals surface area contributed by atoms with Crippen molar-refractivity contribution >= 4 is 17.1 Å². The molecule has 0 bridgehead atoms. The van der Waals surface area contributed by atoms with Crippen molar-refractivity contribution in [1.82, 2.24) is 0 Å². The summed E-state index contributed by atoms with van der Waals surface area (Å²) in [5, 5.41) is 9.25. The molecule has 15 heavy (non-hydrogen) atoms. The van der Waals surface area contributed by atoms with Crippen molar-refractivity contribution in [2.24, 2.45) is 0 Å². The third kappa shape index (κ3) is 2.33. The van der Waals surface area contributed by atoms with Crippen LogP contribution in [0, 0.1) is 0 Å². The fourth-order valence-corrected chi connectivity index (χ4v) is 1.23. The lowest BCUT2D eigenvalue weighted by Crippen LogP contribution is -2.44. The topological polar surface area (TPSA) is 75.5 Å². The van der Waals surface area contributed by atoms with Crippen molar-refractivity contribution in [1.29, 1.82) is 0 Å². The summed E-state index contributed by atoms with van der Waals surface area (Å²) in [6.45, 7) is 3.99. The van der Waals surface area contributed by atoms with Crippen molar-refractivity contribution in [2.45, 2.75) is 19.4 Å². The largest absolute Gasteiger partial charge is 0.397 e. The first kappa shape index (κ1) is 11.7. The molecule has 0 unspecified atom stereocenters. The van der Waals surface area contributed by atoms with Crippen LogP contribution in [0.1, 0.15) is 13.8 Å². The van der Waals surface area contributed by atoms with Gasteiger partial charge in [0.15, 0.2) is 0 Å². The molecule has 1 aromatic carbocycles. The van der Waals surface area contributed by atoms with Gasteiger partial charge in [0.2, 0.25) is 0 Å². The van der Waals surface area contributed by atoms with Crippen LogP contribution in [0.5, 0.6) is 0 Å². The SMILES string of the molecule is CN(c1ccc(N)c(N)c1)C(C)(C)CO. The maximum atomic E-state index is 9.25. The molecule has 0 amide bonds. The number of rotatable bonds is 3. The molecular weight excluding hydrogens is 190 g/mol. The van der Waals surface area contributed by atoms with Crippen LogP contribution < -0.4 is 16.4 Å². The quantitative estimate of drug-likeness (QED) is 0.651. The second kappa shape index (κ2) is 3.98. The number of aliphatic hydroxyl groups is 1. The Labute approximate surface area is 90.5 Å². The zero-order valence-electron chi connectivity index (χ0n) is 9.49. The summed E-state index contributed by atoms with van der Waals surface area (Å²) >= 11 is 0. The number of aliphatic hydroxyl groups excluding tert-OH is 1. The number of nitrogens with zero attached hydrogens (tertiary/aromatic N) is 1. The average molecular weight is 209 g/mol. The normalized spacial score (nSPS) is 11.5. The zero-order chi connectivity index (χ0) is 11.6. The molecule has 0 fully saturated rings. The minimum atomic E-state index is -0.317. The Morgan fingerprint density at radius 3 is 2.33 bits per heavy atom. The molecule has 0 saturated heterocycles. The molecule has 1 aromatic rings. The summed E-state index contributed by atoms with van der Waals surface area (Å²) < 4.78 is 0. The smallest absolute Gasteiger partial charge is 0.0658 e. The van der Waals surface area contributed by atoms with E-state index in [-0.39, 0.29) is 12.1 Å². The van der Waals surface area contributed by atoms with Gasteiger partial charge in [-0.3, -0.25) is 0 Å². The lowest BCUT2D eigenvalue weighted by molar-refractivity contribution is 0.216. The van der Waals surface area contributed by atoms with Gasteiger partial charge in [-0.1, -0.05) is 0 Å². The van der Waals surface area contributed by atoms with Crippen LogP contribution in [0.15, 0.2) is 18.2 Å². The van der Waals surface area contributed by atoms with Crippen LogP contribution >= 0.6 is 0 Å². The van der Waals surface area contributed by atoms with Crippen molar-refractivity contribution in [2.75, 3.05) is 30.0 Å². The maximum absolute atomic E-state index is 9.25. The molecule has 1 rings (SSSR count). The summed E-state index contributed by atoms with van der Waals surface area (Å²) in [6, 6.07) is 5.48. The van der Waals surface area contributed by atoms with Gasteiger partial charge in [0, 0.05) is 12.7 Å². The van der Waals surface area contributed by atoms with Crippen LogP contribution in [0.4, 0.5) is 17.1 Å². The van der Waals surface area contributed by atoms with Gasteiger partial charge in [-0.2, -0.15) is 0 Å². The minimum Gasteiger partial charge on any atom is -0.397 e. The van der Waals surface area contributed by atoms with Gasteiger partial charge in [-0.25, -0.2) is 0 Å². The van der Waals surface area contributed by atoms with Crippen molar-refractivity contribution < 1.29 is 5.11 Å². The predicted molar refractivity (Wildman–Crippen MR) is 64.8 cm³/mol. The fraction of sp³-hybridized carbons (Fsp3) is 0.455. The summed E-state index contributed by atoms with van der Waals surface area (Å²) in [4.78, 5) is 1.98. The second-order valence-electron chi connectivity index (χ2n) is 4.34. The molecule has 0 saturated carbocycles. The van der Waals surface area contributed by atoms with E-state index in [9.17, 15) is 5.11 Å². The molecule has 0 aliphatic heterocycles. The molecule has 84 valence electrons. The molecule has 0 radical (unpaired) electrons. The van der Waals surface area contributed by atoms with E-state index in [0.29, 0.717) is 11.4 Å². The van der Waals surface area contributed by atoms with E-state index < -0.39 is 0 Å². The van der Waals surface area contributed by atoms with E-state index in [1.807, 2.05) is 37.9 Å². The van der Waals surface area contributed by atoms with Gasteiger partial charge in [0.05, 0.1) is 23.5 Å². The molecule has 0 aromatic heterocycles. The lowest BCUT2D eigenvalue weighted by atomic mass is 10.0. The first-order valence-corrected chi connectivity index (χ1v) is 4.88. The number of hydrogen-bond donors (Lipinski definition) is 3. The Kier molecular flexibility index (Phi) is 3.09. The molecule has 0 heterocycles. The number of likely N-dealkylation sites (N-methyl/N-ethyl adjacent to an activating group) is 1. The molecule has 0 spiro atoms. The Balaban J connectivity index is 3.02. The molecule has 0 aliphatic carbocycles. The summed E-state index contributed by atoms with van der Waals surface area (Å²) in [5.41, 5.74) is 13.1. The Bertz CT molecular complexity index is 350. The van der Waals surface area contributed by atoms with Gasteiger partial charge in [-0.15, -0.1) is 0 Å². The number of nitrogen functional groups attached to an aromatic ring is 2. The number of benzene rings is 1. The van der Waals surface area contributed by atoms with Gasteiger partial charge in [0.1, 0.15) is 0 Å². The Hall–Kier alpha value is -1.42. The van der Waals surface area contributed by atoms with Crippen LogP contribution in [0.2, 0.25) is 0 Å². The minimum absolute atomic E-state index is 0.0772. The Morgan fingerprint density at radius 2 is 1.87 bits per heavy atom. The highest BCUT2D eigenvalue weighted by Crippen LogP contribution is 2.26. The Morgan fingerprint density at radius 1 is 1.27 bits per heavy atom. The van der Waals surface area contributed by atoms with E-state index in [1.165, 1.54) is 0 Å². The van der Waals surface area contributed by atoms with E-state index in [1.54, 1.807) is 6.07 Å². The molecule has 5 N–H and O–H groups in total. The predicted octanol–water partition coefficient (Wildman–Crippen LogP) is 1.06. The summed E-state index contributed by atoms with van der Waals surface area (Å²) in [6.07, 6.45) is 0. The third-order valence-corrected chi connectivity index (χ3v) is 2.75. The molecule has 4 heteroatoms. The van der Waals surface area contributed by atoms with Gasteiger partial charge in [-0.05, 0) is 32.0 Å². The van der Waals surface area contributed by atoms with Crippen molar-refractivity contribution in [3.63, 3.8) is 0 Å². The van der Waals surface area contributed by atoms with E-state index >= 15 is 0 Å².